The molecule has 0 aliphatic rings. The maximum absolute atomic E-state index is 14.0. The van der Waals surface area contributed by atoms with Gasteiger partial charge in [-0.15, -0.1) is 0 Å². The quantitative estimate of drug-likeness (QED) is 0.880. The molecule has 3 nitrogen and oxygen atoms in total. The van der Waals surface area contributed by atoms with E-state index in [4.69, 9.17) is 5.26 Å². The third-order valence-corrected chi connectivity index (χ3v) is 3.13. The van der Waals surface area contributed by atoms with Gasteiger partial charge >= 0.3 is 0 Å². The molecule has 1 N–H and O–H groups in total. The number of aromatic nitrogens is 1. The second-order valence-corrected chi connectivity index (χ2v) is 4.64. The van der Waals surface area contributed by atoms with Crippen molar-refractivity contribution in [3.05, 3.63) is 56.2 Å². The van der Waals surface area contributed by atoms with E-state index in [9.17, 15) is 9.18 Å². The first-order chi connectivity index (χ1) is 8.54. The highest BCUT2D eigenvalue weighted by atomic mass is 79.9. The van der Waals surface area contributed by atoms with Gasteiger partial charge in [-0.1, -0.05) is 12.1 Å². The van der Waals surface area contributed by atoms with Crippen LogP contribution in [0.2, 0.25) is 0 Å². The second-order valence-electron chi connectivity index (χ2n) is 3.78. The summed E-state index contributed by atoms with van der Waals surface area (Å²) in [6, 6.07) is 8.15. The molecule has 0 aliphatic carbocycles. The highest BCUT2D eigenvalue weighted by Crippen LogP contribution is 2.29. The van der Waals surface area contributed by atoms with Crippen molar-refractivity contribution in [3.63, 3.8) is 0 Å². The van der Waals surface area contributed by atoms with Crippen LogP contribution in [0.3, 0.4) is 0 Å². The van der Waals surface area contributed by atoms with Gasteiger partial charge in [0.25, 0.3) is 5.56 Å². The number of benzene rings is 1. The van der Waals surface area contributed by atoms with Crippen LogP contribution in [0.25, 0.3) is 11.1 Å². The van der Waals surface area contributed by atoms with Crippen molar-refractivity contribution < 1.29 is 4.39 Å². The fourth-order valence-electron chi connectivity index (χ4n) is 1.72. The molecule has 0 atom stereocenters. The Morgan fingerprint density at radius 1 is 1.39 bits per heavy atom. The number of aromatic amines is 1. The molecule has 0 bridgehead atoms. The minimum Gasteiger partial charge on any atom is -0.325 e. The first-order valence-electron chi connectivity index (χ1n) is 5.13. The lowest BCUT2D eigenvalue weighted by molar-refractivity contribution is 0.624. The minimum absolute atomic E-state index is 0.0856. The molecule has 0 saturated carbocycles. The van der Waals surface area contributed by atoms with Gasteiger partial charge in [-0.3, -0.25) is 4.79 Å². The lowest BCUT2D eigenvalue weighted by Gasteiger charge is -2.07. The van der Waals surface area contributed by atoms with Gasteiger partial charge in [0.15, 0.2) is 0 Å². The molecule has 18 heavy (non-hydrogen) atoms. The van der Waals surface area contributed by atoms with E-state index in [1.165, 1.54) is 6.07 Å². The Morgan fingerprint density at radius 2 is 2.11 bits per heavy atom. The lowest BCUT2D eigenvalue weighted by atomic mass is 10.0. The predicted molar refractivity (Wildman–Crippen MR) is 69.6 cm³/mol. The van der Waals surface area contributed by atoms with E-state index in [2.05, 4.69) is 20.9 Å². The van der Waals surface area contributed by atoms with Crippen LogP contribution >= 0.6 is 15.9 Å². The normalized spacial score (nSPS) is 10.1. The molecule has 0 unspecified atom stereocenters. The molecule has 0 fully saturated rings. The van der Waals surface area contributed by atoms with Crippen LogP contribution in [0.4, 0.5) is 4.39 Å². The van der Waals surface area contributed by atoms with E-state index in [0.717, 1.165) is 0 Å². The van der Waals surface area contributed by atoms with Gasteiger partial charge in [-0.25, -0.2) is 4.39 Å². The van der Waals surface area contributed by atoms with E-state index < -0.39 is 11.4 Å². The smallest absolute Gasteiger partial charge is 0.266 e. The SMILES string of the molecule is Cc1cc(-c2cccc(Br)c2F)c(C#N)c(=O)[nH]1. The lowest BCUT2D eigenvalue weighted by Crippen LogP contribution is -2.13. The molecule has 2 rings (SSSR count). The molecule has 2 aromatic rings. The number of rotatable bonds is 1. The summed E-state index contributed by atoms with van der Waals surface area (Å²) in [6.07, 6.45) is 0. The molecule has 1 aromatic carbocycles. The molecule has 0 spiro atoms. The minimum atomic E-state index is -0.508. The number of nitriles is 1. The Balaban J connectivity index is 2.84. The van der Waals surface area contributed by atoms with Crippen molar-refractivity contribution in [2.24, 2.45) is 0 Å². The van der Waals surface area contributed by atoms with Crippen molar-refractivity contribution in [2.75, 3.05) is 0 Å². The van der Waals surface area contributed by atoms with Crippen LogP contribution in [0, 0.1) is 24.1 Å². The summed E-state index contributed by atoms with van der Waals surface area (Å²) in [4.78, 5) is 14.2. The molecule has 90 valence electrons. The van der Waals surface area contributed by atoms with Gasteiger partial charge in [-0.2, -0.15) is 5.26 Å². The largest absolute Gasteiger partial charge is 0.325 e. The molecular weight excluding hydrogens is 299 g/mol. The van der Waals surface area contributed by atoms with Crippen LogP contribution in [0.5, 0.6) is 0 Å². The fraction of sp³-hybridized carbons (Fsp3) is 0.0769. The van der Waals surface area contributed by atoms with E-state index >= 15 is 0 Å². The summed E-state index contributed by atoms with van der Waals surface area (Å²) in [6.45, 7) is 1.68. The molecule has 5 heteroatoms. The maximum atomic E-state index is 14.0. The van der Waals surface area contributed by atoms with Gasteiger partial charge in [0.1, 0.15) is 17.4 Å². The number of aryl methyl sites for hydroxylation is 1. The number of H-pyrrole nitrogens is 1. The van der Waals surface area contributed by atoms with E-state index in [1.54, 1.807) is 25.1 Å². The Kier molecular flexibility index (Phi) is 3.30. The van der Waals surface area contributed by atoms with E-state index in [-0.39, 0.29) is 11.1 Å². The molecule has 0 saturated heterocycles. The summed E-state index contributed by atoms with van der Waals surface area (Å²) < 4.78 is 14.3. The zero-order valence-electron chi connectivity index (χ0n) is 9.42. The number of hydrogen-bond donors (Lipinski definition) is 1. The van der Waals surface area contributed by atoms with Gasteiger partial charge in [0.05, 0.1) is 4.47 Å². The molecule has 0 radical (unpaired) electrons. The van der Waals surface area contributed by atoms with Crippen LogP contribution in [-0.4, -0.2) is 4.98 Å². The third kappa shape index (κ3) is 2.07. The fourth-order valence-corrected chi connectivity index (χ4v) is 2.09. The molecule has 1 heterocycles. The Morgan fingerprint density at radius 3 is 2.78 bits per heavy atom. The van der Waals surface area contributed by atoms with Crippen LogP contribution < -0.4 is 5.56 Å². The van der Waals surface area contributed by atoms with E-state index in [1.807, 2.05) is 6.07 Å². The van der Waals surface area contributed by atoms with Crippen LogP contribution in [0.15, 0.2) is 33.5 Å². The number of pyridine rings is 1. The summed E-state index contributed by atoms with van der Waals surface area (Å²) >= 11 is 3.08. The molecular formula is C13H8BrFN2O. The third-order valence-electron chi connectivity index (χ3n) is 2.52. The van der Waals surface area contributed by atoms with Crippen molar-refractivity contribution in [1.82, 2.24) is 4.98 Å². The Labute approximate surface area is 111 Å². The highest BCUT2D eigenvalue weighted by Gasteiger charge is 2.15. The molecule has 0 aliphatic heterocycles. The molecule has 0 amide bonds. The summed E-state index contributed by atoms with van der Waals surface area (Å²) in [5, 5.41) is 9.01. The zero-order chi connectivity index (χ0) is 13.3. The molecule has 1 aromatic heterocycles. The van der Waals surface area contributed by atoms with Crippen LogP contribution in [-0.2, 0) is 0 Å². The average Bonchev–Trinajstić information content (AvgIpc) is 2.32. The standard InChI is InChI=1S/C13H8BrFN2O/c1-7-5-9(10(6-16)13(18)17-7)8-3-2-4-11(14)12(8)15/h2-5H,1H3,(H,17,18). The number of halogens is 2. The summed E-state index contributed by atoms with van der Waals surface area (Å²) in [5.41, 5.74) is 0.519. The first kappa shape index (κ1) is 12.5. The van der Waals surface area contributed by atoms with Gasteiger partial charge in [0, 0.05) is 16.8 Å². The van der Waals surface area contributed by atoms with Crippen molar-refractivity contribution in [1.29, 1.82) is 5.26 Å². The average molecular weight is 307 g/mol. The topological polar surface area (TPSA) is 56.6 Å². The van der Waals surface area contributed by atoms with Crippen molar-refractivity contribution in [3.8, 4) is 17.2 Å². The zero-order valence-corrected chi connectivity index (χ0v) is 11.0. The van der Waals surface area contributed by atoms with Crippen molar-refractivity contribution >= 4 is 15.9 Å². The number of hydrogen-bond acceptors (Lipinski definition) is 2. The predicted octanol–water partition coefficient (Wildman–Crippen LogP) is 3.12. The summed E-state index contributed by atoms with van der Waals surface area (Å²) in [7, 11) is 0. The Bertz CT molecular complexity index is 716. The van der Waals surface area contributed by atoms with Gasteiger partial charge in [0.2, 0.25) is 0 Å². The second kappa shape index (κ2) is 4.75. The highest BCUT2D eigenvalue weighted by molar-refractivity contribution is 9.10. The van der Waals surface area contributed by atoms with Crippen molar-refractivity contribution in [2.45, 2.75) is 6.92 Å². The van der Waals surface area contributed by atoms with E-state index in [0.29, 0.717) is 15.7 Å². The monoisotopic (exact) mass is 306 g/mol. The summed E-state index contributed by atoms with van der Waals surface area (Å²) in [5.74, 6) is -0.487. The number of nitrogens with zero attached hydrogens (tertiary/aromatic N) is 1. The number of nitrogens with one attached hydrogen (secondary N) is 1. The maximum Gasteiger partial charge on any atom is 0.266 e. The van der Waals surface area contributed by atoms with Gasteiger partial charge < -0.3 is 4.98 Å². The Hall–Kier alpha value is -1.93. The van der Waals surface area contributed by atoms with Crippen LogP contribution in [0.1, 0.15) is 11.3 Å². The van der Waals surface area contributed by atoms with Gasteiger partial charge in [-0.05, 0) is 35.0 Å². The first-order valence-corrected chi connectivity index (χ1v) is 5.92.